The van der Waals surface area contributed by atoms with Crippen LogP contribution in [0.25, 0.3) is 0 Å². The van der Waals surface area contributed by atoms with Gasteiger partial charge in [0.05, 0.1) is 7.11 Å². The quantitative estimate of drug-likeness (QED) is 0.406. The number of hydrogen-bond donors (Lipinski definition) is 1. The van der Waals surface area contributed by atoms with Crippen molar-refractivity contribution in [3.63, 3.8) is 0 Å². The van der Waals surface area contributed by atoms with Crippen LogP contribution in [-0.2, 0) is 9.53 Å². The molecule has 0 aromatic heterocycles. The lowest BCUT2D eigenvalue weighted by Crippen LogP contribution is -2.33. The van der Waals surface area contributed by atoms with Crippen molar-refractivity contribution >= 4 is 23.2 Å². The Hall–Kier alpha value is -1.10. The molecule has 1 rings (SSSR count). The molecular formula is C9H14N2O2S. The predicted octanol–water partition coefficient (Wildman–Crippen LogP) is 0.294. The van der Waals surface area contributed by atoms with Crippen LogP contribution in [0.3, 0.4) is 0 Å². The molecule has 1 N–H and O–H groups in total. The summed E-state index contributed by atoms with van der Waals surface area (Å²) in [6, 6.07) is -0.321. The molecule has 1 unspecified atom stereocenters. The molecular weight excluding hydrogens is 200 g/mol. The Balaban J connectivity index is 2.69. The molecule has 78 valence electrons. The number of carbonyl (C=O) groups is 1. The van der Waals surface area contributed by atoms with Gasteiger partial charge in [-0.2, -0.15) is 0 Å². The van der Waals surface area contributed by atoms with E-state index in [0.29, 0.717) is 11.4 Å². The molecule has 1 aliphatic rings. The Bertz CT molecular complexity index is 287. The molecule has 14 heavy (non-hydrogen) atoms. The summed E-state index contributed by atoms with van der Waals surface area (Å²) in [6.07, 6.45) is 2.52. The van der Waals surface area contributed by atoms with Gasteiger partial charge in [0, 0.05) is 32.3 Å². The maximum Gasteiger partial charge on any atom is 0.328 e. The van der Waals surface area contributed by atoms with Gasteiger partial charge in [0.15, 0.2) is 0 Å². The van der Waals surface area contributed by atoms with Gasteiger partial charge in [-0.25, -0.2) is 4.79 Å². The number of thiocarbonyl (C=S) groups is 1. The summed E-state index contributed by atoms with van der Waals surface area (Å²) in [5, 5.41) is 2.92. The van der Waals surface area contributed by atoms with Crippen LogP contribution >= 0.6 is 12.2 Å². The number of rotatable bonds is 2. The zero-order chi connectivity index (χ0) is 10.7. The highest BCUT2D eigenvalue weighted by molar-refractivity contribution is 7.80. The van der Waals surface area contributed by atoms with Crippen LogP contribution in [0, 0.1) is 0 Å². The molecule has 0 saturated carbocycles. The summed E-state index contributed by atoms with van der Waals surface area (Å²) >= 11 is 5.09. The van der Waals surface area contributed by atoms with Crippen molar-refractivity contribution in [2.24, 2.45) is 0 Å². The monoisotopic (exact) mass is 214 g/mol. The van der Waals surface area contributed by atoms with Crippen LogP contribution in [0.15, 0.2) is 11.8 Å². The molecule has 5 heteroatoms. The van der Waals surface area contributed by atoms with Crippen molar-refractivity contribution in [1.29, 1.82) is 0 Å². The van der Waals surface area contributed by atoms with Gasteiger partial charge in [-0.3, -0.25) is 0 Å². The minimum Gasteiger partial charge on any atom is -0.467 e. The molecule has 4 nitrogen and oxygen atoms in total. The summed E-state index contributed by atoms with van der Waals surface area (Å²) in [7, 11) is 5.21. The van der Waals surface area contributed by atoms with Gasteiger partial charge in [0.25, 0.3) is 0 Å². The largest absolute Gasteiger partial charge is 0.467 e. The van der Waals surface area contributed by atoms with E-state index < -0.39 is 0 Å². The molecule has 0 amide bonds. The molecule has 1 atom stereocenters. The third-order valence-corrected chi connectivity index (χ3v) is 2.30. The molecule has 0 aromatic rings. The first-order chi connectivity index (χ1) is 6.54. The van der Waals surface area contributed by atoms with Crippen LogP contribution in [0.1, 0.15) is 6.42 Å². The van der Waals surface area contributed by atoms with E-state index in [9.17, 15) is 4.79 Å². The molecule has 1 fully saturated rings. The molecule has 0 aliphatic carbocycles. The average molecular weight is 214 g/mol. The van der Waals surface area contributed by atoms with E-state index in [1.807, 2.05) is 25.2 Å². The zero-order valence-corrected chi connectivity index (χ0v) is 9.35. The SMILES string of the molecule is COC(=O)C1C/C(=C/N(C)C)C(=S)N1. The number of esters is 1. The number of hydrogen-bond acceptors (Lipinski definition) is 4. The second-order valence-electron chi connectivity index (χ2n) is 3.37. The van der Waals surface area contributed by atoms with Gasteiger partial charge in [0.2, 0.25) is 0 Å². The summed E-state index contributed by atoms with van der Waals surface area (Å²) in [4.78, 5) is 13.7. The van der Waals surface area contributed by atoms with Crippen LogP contribution in [-0.4, -0.2) is 43.1 Å². The minimum atomic E-state index is -0.321. The number of nitrogens with zero attached hydrogens (tertiary/aromatic N) is 1. The van der Waals surface area contributed by atoms with Crippen LogP contribution < -0.4 is 5.32 Å². The first-order valence-corrected chi connectivity index (χ1v) is 4.71. The predicted molar refractivity (Wildman–Crippen MR) is 57.9 cm³/mol. The van der Waals surface area contributed by atoms with Crippen LogP contribution in [0.2, 0.25) is 0 Å². The Labute approximate surface area is 88.9 Å². The lowest BCUT2D eigenvalue weighted by molar-refractivity contribution is -0.142. The first kappa shape index (κ1) is 11.0. The lowest BCUT2D eigenvalue weighted by Gasteiger charge is -2.06. The maximum absolute atomic E-state index is 11.2. The summed E-state index contributed by atoms with van der Waals surface area (Å²) in [6.45, 7) is 0. The summed E-state index contributed by atoms with van der Waals surface area (Å²) < 4.78 is 4.63. The fourth-order valence-corrected chi connectivity index (χ4v) is 1.60. The summed E-state index contributed by atoms with van der Waals surface area (Å²) in [5.74, 6) is -0.269. The number of carbonyl (C=O) groups excluding carboxylic acids is 1. The highest BCUT2D eigenvalue weighted by Crippen LogP contribution is 2.16. The van der Waals surface area contributed by atoms with Crippen molar-refractivity contribution in [3.05, 3.63) is 11.8 Å². The van der Waals surface area contributed by atoms with E-state index in [2.05, 4.69) is 10.1 Å². The highest BCUT2D eigenvalue weighted by atomic mass is 32.1. The average Bonchev–Trinajstić information content (AvgIpc) is 2.46. The second kappa shape index (κ2) is 4.41. The van der Waals surface area contributed by atoms with E-state index in [1.54, 1.807) is 0 Å². The molecule has 0 bridgehead atoms. The number of ether oxygens (including phenoxy) is 1. The van der Waals surface area contributed by atoms with E-state index in [0.717, 1.165) is 5.57 Å². The Kier molecular flexibility index (Phi) is 3.46. The normalized spacial score (nSPS) is 23.5. The van der Waals surface area contributed by atoms with Crippen LogP contribution in [0.5, 0.6) is 0 Å². The van der Waals surface area contributed by atoms with Gasteiger partial charge in [0.1, 0.15) is 11.0 Å². The van der Waals surface area contributed by atoms with Gasteiger partial charge < -0.3 is 15.0 Å². The Morgan fingerprint density at radius 1 is 1.71 bits per heavy atom. The van der Waals surface area contributed by atoms with Crippen LogP contribution in [0.4, 0.5) is 0 Å². The molecule has 0 radical (unpaired) electrons. The highest BCUT2D eigenvalue weighted by Gasteiger charge is 2.29. The third-order valence-electron chi connectivity index (χ3n) is 1.92. The van der Waals surface area contributed by atoms with Gasteiger partial charge >= 0.3 is 5.97 Å². The summed E-state index contributed by atoms with van der Waals surface area (Å²) in [5.41, 5.74) is 0.973. The third kappa shape index (κ3) is 2.45. The molecule has 0 spiro atoms. The van der Waals surface area contributed by atoms with E-state index in [4.69, 9.17) is 12.2 Å². The second-order valence-corrected chi connectivity index (χ2v) is 3.78. The van der Waals surface area contributed by atoms with Crippen molar-refractivity contribution < 1.29 is 9.53 Å². The van der Waals surface area contributed by atoms with Crippen molar-refractivity contribution in [3.8, 4) is 0 Å². The van der Waals surface area contributed by atoms with Crippen molar-refractivity contribution in [2.45, 2.75) is 12.5 Å². The van der Waals surface area contributed by atoms with E-state index >= 15 is 0 Å². The fourth-order valence-electron chi connectivity index (χ4n) is 1.32. The zero-order valence-electron chi connectivity index (χ0n) is 8.53. The molecule has 1 aliphatic heterocycles. The molecule has 1 saturated heterocycles. The first-order valence-electron chi connectivity index (χ1n) is 4.30. The van der Waals surface area contributed by atoms with Gasteiger partial charge in [-0.05, 0) is 0 Å². The fraction of sp³-hybridized carbons (Fsp3) is 0.556. The topological polar surface area (TPSA) is 41.6 Å². The maximum atomic E-state index is 11.2. The number of methoxy groups -OCH3 is 1. The Morgan fingerprint density at radius 2 is 2.36 bits per heavy atom. The molecule has 0 aromatic carbocycles. The van der Waals surface area contributed by atoms with Crippen molar-refractivity contribution in [1.82, 2.24) is 10.2 Å². The standard InChI is InChI=1S/C9H14N2O2S/c1-11(2)5-6-4-7(9(12)13-3)10-8(6)14/h5,7H,4H2,1-3H3,(H,10,14)/b6-5-. The number of nitrogens with one attached hydrogen (secondary N) is 1. The lowest BCUT2D eigenvalue weighted by atomic mass is 10.2. The van der Waals surface area contributed by atoms with Gasteiger partial charge in [-0.15, -0.1) is 0 Å². The smallest absolute Gasteiger partial charge is 0.328 e. The van der Waals surface area contributed by atoms with Gasteiger partial charge in [-0.1, -0.05) is 12.2 Å². The molecule has 1 heterocycles. The van der Waals surface area contributed by atoms with Crippen molar-refractivity contribution in [2.75, 3.05) is 21.2 Å². The van der Waals surface area contributed by atoms with E-state index in [1.165, 1.54) is 7.11 Å². The minimum absolute atomic E-state index is 0.269. The Morgan fingerprint density at radius 3 is 2.86 bits per heavy atom. The van der Waals surface area contributed by atoms with E-state index in [-0.39, 0.29) is 12.0 Å².